The van der Waals surface area contributed by atoms with Gasteiger partial charge in [-0.25, -0.2) is 0 Å². The van der Waals surface area contributed by atoms with Crippen LogP contribution in [0.3, 0.4) is 0 Å². The summed E-state index contributed by atoms with van der Waals surface area (Å²) in [7, 11) is 0. The predicted molar refractivity (Wildman–Crippen MR) is 63.7 cm³/mol. The maximum Gasteiger partial charge on any atom is 0.309 e. The minimum atomic E-state index is -0.693. The molecule has 0 aromatic carbocycles. The van der Waals surface area contributed by atoms with Crippen LogP contribution in [0.4, 0.5) is 0 Å². The third kappa shape index (κ3) is 1.08. The fourth-order valence-corrected chi connectivity index (χ4v) is 4.92. The van der Waals surface area contributed by atoms with Crippen LogP contribution in [0.15, 0.2) is 0 Å². The topological polar surface area (TPSA) is 57.6 Å². The molecule has 4 aliphatic carbocycles. The minimum absolute atomic E-state index is 0.260. The molecule has 1 unspecified atom stereocenters. The minimum Gasteiger partial charge on any atom is -0.481 e. The molecule has 4 saturated carbocycles. The molecule has 4 heteroatoms. The summed E-state index contributed by atoms with van der Waals surface area (Å²) < 4.78 is 0. The third-order valence-corrected chi connectivity index (χ3v) is 6.25. The average molecular weight is 249 g/mol. The molecule has 1 heterocycles. The molecule has 3 atom stereocenters. The van der Waals surface area contributed by atoms with Crippen molar-refractivity contribution < 1.29 is 14.7 Å². The molecule has 0 aromatic heterocycles. The second-order valence-electron chi connectivity index (χ2n) is 7.12. The highest BCUT2D eigenvalue weighted by Gasteiger charge is 2.69. The Balaban J connectivity index is 1.47. The van der Waals surface area contributed by atoms with E-state index >= 15 is 0 Å². The second kappa shape index (κ2) is 2.91. The highest BCUT2D eigenvalue weighted by atomic mass is 16.4. The van der Waals surface area contributed by atoms with E-state index in [4.69, 9.17) is 0 Å². The molecule has 5 rings (SSSR count). The molecule has 1 amide bonds. The van der Waals surface area contributed by atoms with E-state index < -0.39 is 11.4 Å². The lowest BCUT2D eigenvalue weighted by Gasteiger charge is -2.45. The van der Waals surface area contributed by atoms with Crippen molar-refractivity contribution in [3.05, 3.63) is 0 Å². The van der Waals surface area contributed by atoms with Gasteiger partial charge in [0.15, 0.2) is 0 Å². The normalized spacial score (nSPS) is 51.8. The Kier molecular flexibility index (Phi) is 1.75. The molecule has 5 aliphatic rings. The molecule has 18 heavy (non-hydrogen) atoms. The molecule has 1 saturated heterocycles. The Morgan fingerprint density at radius 2 is 1.67 bits per heavy atom. The fraction of sp³-hybridized carbons (Fsp3) is 0.857. The molecule has 0 aromatic rings. The molecule has 4 nitrogen and oxygen atoms in total. The number of piperidine rings is 1. The first-order chi connectivity index (χ1) is 8.47. The molecule has 0 spiro atoms. The number of likely N-dealkylation sites (tertiary alicyclic amines) is 1. The van der Waals surface area contributed by atoms with Gasteiger partial charge in [-0.15, -0.1) is 0 Å². The molecule has 98 valence electrons. The van der Waals surface area contributed by atoms with E-state index in [1.54, 1.807) is 0 Å². The second-order valence-corrected chi connectivity index (χ2v) is 7.12. The summed E-state index contributed by atoms with van der Waals surface area (Å²) >= 11 is 0. The predicted octanol–water partition coefficient (Wildman–Crippen LogP) is 1.36. The van der Waals surface area contributed by atoms with Crippen molar-refractivity contribution >= 4 is 11.9 Å². The lowest BCUT2D eigenvalue weighted by atomic mass is 9.59. The van der Waals surface area contributed by atoms with Gasteiger partial charge >= 0.3 is 5.97 Å². The van der Waals surface area contributed by atoms with Crippen molar-refractivity contribution in [2.24, 2.45) is 28.6 Å². The van der Waals surface area contributed by atoms with Gasteiger partial charge in [0.25, 0.3) is 0 Å². The first-order valence-electron chi connectivity index (χ1n) is 7.00. The summed E-state index contributed by atoms with van der Waals surface area (Å²) in [5, 5.41) is 9.23. The number of amides is 1. The van der Waals surface area contributed by atoms with Crippen LogP contribution >= 0.6 is 0 Å². The molecular weight excluding hydrogens is 230 g/mol. The van der Waals surface area contributed by atoms with E-state index in [0.717, 1.165) is 37.3 Å². The molecule has 1 N–H and O–H groups in total. The van der Waals surface area contributed by atoms with Crippen molar-refractivity contribution in [2.75, 3.05) is 13.1 Å². The number of rotatable bonds is 2. The van der Waals surface area contributed by atoms with Crippen LogP contribution in [0, 0.1) is 28.6 Å². The van der Waals surface area contributed by atoms with Gasteiger partial charge < -0.3 is 10.0 Å². The lowest BCUT2D eigenvalue weighted by molar-refractivity contribution is -0.164. The highest BCUT2D eigenvalue weighted by molar-refractivity contribution is 5.90. The largest absolute Gasteiger partial charge is 0.481 e. The number of aliphatic carboxylic acids is 1. The summed E-state index contributed by atoms with van der Waals surface area (Å²) in [5.74, 6) is 1.83. The Hall–Kier alpha value is -1.06. The monoisotopic (exact) mass is 249 g/mol. The fourth-order valence-electron chi connectivity index (χ4n) is 4.92. The number of carboxylic acid groups (broad SMARTS) is 1. The van der Waals surface area contributed by atoms with Gasteiger partial charge in [-0.1, -0.05) is 6.92 Å². The van der Waals surface area contributed by atoms with Crippen molar-refractivity contribution in [1.29, 1.82) is 0 Å². The number of carbonyl (C=O) groups excluding carboxylic acids is 1. The van der Waals surface area contributed by atoms with Crippen LogP contribution in [0.2, 0.25) is 0 Å². The highest BCUT2D eigenvalue weighted by Crippen LogP contribution is 2.68. The van der Waals surface area contributed by atoms with Crippen LogP contribution in [0.5, 0.6) is 0 Å². The average Bonchev–Trinajstić information content (AvgIpc) is 2.82. The van der Waals surface area contributed by atoms with E-state index in [-0.39, 0.29) is 11.3 Å². The lowest BCUT2D eigenvalue weighted by Crippen LogP contribution is -2.52. The molecule has 0 radical (unpaired) electrons. The number of carboxylic acids is 1. The van der Waals surface area contributed by atoms with Crippen LogP contribution in [-0.4, -0.2) is 35.0 Å². The van der Waals surface area contributed by atoms with Crippen molar-refractivity contribution in [3.8, 4) is 0 Å². The number of carbonyl (C=O) groups is 2. The molecule has 2 bridgehead atoms. The van der Waals surface area contributed by atoms with Crippen LogP contribution in [0.1, 0.15) is 32.6 Å². The van der Waals surface area contributed by atoms with Gasteiger partial charge in [0, 0.05) is 13.1 Å². The first-order valence-corrected chi connectivity index (χ1v) is 7.00. The van der Waals surface area contributed by atoms with Crippen molar-refractivity contribution in [3.63, 3.8) is 0 Å². The maximum atomic E-state index is 12.6. The Labute approximate surface area is 106 Å². The van der Waals surface area contributed by atoms with E-state index in [1.165, 1.54) is 0 Å². The van der Waals surface area contributed by atoms with Gasteiger partial charge in [0.2, 0.25) is 5.91 Å². The zero-order chi connectivity index (χ0) is 12.7. The Bertz CT molecular complexity index is 440. The Morgan fingerprint density at radius 1 is 1.11 bits per heavy atom. The summed E-state index contributed by atoms with van der Waals surface area (Å²) in [6, 6.07) is 0. The van der Waals surface area contributed by atoms with Gasteiger partial charge in [-0.3, -0.25) is 9.59 Å². The van der Waals surface area contributed by atoms with E-state index in [1.807, 2.05) is 4.90 Å². The standard InChI is InChI=1S/C14H19NO3/c1-8-9-4-15(5-10(8)9)11(16)13-2-3-14(6-13,7-13)12(17)18/h8-10H,2-7H2,1H3,(H,17,18)/t8?,9-,10+,13?,14?. The number of hydrogen-bond donors (Lipinski definition) is 1. The zero-order valence-corrected chi connectivity index (χ0v) is 10.7. The molecule has 1 aliphatic heterocycles. The number of nitrogens with zero attached hydrogens (tertiary/aromatic N) is 1. The summed E-state index contributed by atoms with van der Waals surface area (Å²) in [4.78, 5) is 25.8. The maximum absolute atomic E-state index is 12.6. The first kappa shape index (κ1) is 10.8. The summed E-state index contributed by atoms with van der Waals surface area (Å²) in [6.45, 7) is 4.11. The van der Waals surface area contributed by atoms with E-state index in [0.29, 0.717) is 19.3 Å². The SMILES string of the molecule is CC1[C@H]2CN(C(=O)C34CCC(C(=O)O)(C3)C4)C[C@@H]12. The van der Waals surface area contributed by atoms with Gasteiger partial charge in [0.1, 0.15) is 0 Å². The summed E-state index contributed by atoms with van der Waals surface area (Å²) in [5.41, 5.74) is -0.843. The Morgan fingerprint density at radius 3 is 2.17 bits per heavy atom. The molecular formula is C14H19NO3. The third-order valence-electron chi connectivity index (χ3n) is 6.25. The van der Waals surface area contributed by atoms with Gasteiger partial charge in [-0.2, -0.15) is 0 Å². The van der Waals surface area contributed by atoms with Gasteiger partial charge in [-0.05, 0) is 43.4 Å². The zero-order valence-electron chi connectivity index (χ0n) is 10.7. The number of hydrogen-bond acceptors (Lipinski definition) is 2. The van der Waals surface area contributed by atoms with E-state index in [9.17, 15) is 14.7 Å². The van der Waals surface area contributed by atoms with Crippen LogP contribution < -0.4 is 0 Å². The quantitative estimate of drug-likeness (QED) is 0.803. The smallest absolute Gasteiger partial charge is 0.309 e. The number of fused-ring (bicyclic) bond motifs is 2. The van der Waals surface area contributed by atoms with Crippen molar-refractivity contribution in [1.82, 2.24) is 4.90 Å². The molecule has 5 fully saturated rings. The van der Waals surface area contributed by atoms with E-state index in [2.05, 4.69) is 6.92 Å². The van der Waals surface area contributed by atoms with Gasteiger partial charge in [0.05, 0.1) is 10.8 Å². The van der Waals surface area contributed by atoms with Crippen LogP contribution in [0.25, 0.3) is 0 Å². The van der Waals surface area contributed by atoms with Crippen LogP contribution in [-0.2, 0) is 9.59 Å². The van der Waals surface area contributed by atoms with Crippen molar-refractivity contribution in [2.45, 2.75) is 32.6 Å². The summed E-state index contributed by atoms with van der Waals surface area (Å²) in [6.07, 6.45) is 2.68.